The molecule has 0 spiro atoms. The summed E-state index contributed by atoms with van der Waals surface area (Å²) in [5.74, 6) is 0.863. The Kier molecular flexibility index (Phi) is 10.0. The first-order valence-corrected chi connectivity index (χ1v) is 14.1. The Hall–Kier alpha value is -0.383. The van der Waals surface area contributed by atoms with Gasteiger partial charge in [-0.05, 0) is 56.2 Å². The van der Waals surface area contributed by atoms with E-state index >= 15 is 0 Å². The van der Waals surface area contributed by atoms with Gasteiger partial charge in [0.2, 0.25) is 0 Å². The molecule has 0 fully saturated rings. The minimum Gasteiger partial charge on any atom is -0.414 e. The van der Waals surface area contributed by atoms with E-state index in [1.54, 1.807) is 0 Å². The van der Waals surface area contributed by atoms with Crippen LogP contribution in [0.3, 0.4) is 0 Å². The smallest absolute Gasteiger partial charge is 0.192 e. The Morgan fingerprint density at radius 2 is 1.96 bits per heavy atom. The standard InChI is InChI=1S/C24H46O2Si/c1-9-11-12-14-19(3)23(26-27(7,8)24(4,5)6)18-16-20-15-17-22(25)21(20)13-10-2/h10,15,19,21-23,25H,2,9,11-14,16-18H2,1,3-8H3/t19?,21-,22+,23?/m1/s1. The average molecular weight is 395 g/mol. The van der Waals surface area contributed by atoms with Crippen molar-refractivity contribution in [2.45, 2.75) is 116 Å². The van der Waals surface area contributed by atoms with E-state index < -0.39 is 8.32 Å². The Morgan fingerprint density at radius 1 is 1.30 bits per heavy atom. The lowest BCUT2D eigenvalue weighted by molar-refractivity contribution is 0.107. The zero-order chi connectivity index (χ0) is 20.7. The second-order valence-electron chi connectivity index (χ2n) is 10.1. The fourth-order valence-electron chi connectivity index (χ4n) is 3.84. The summed E-state index contributed by atoms with van der Waals surface area (Å²) in [6.45, 7) is 20.3. The number of hydrogen-bond acceptors (Lipinski definition) is 2. The molecule has 0 saturated carbocycles. The molecule has 1 aliphatic carbocycles. The van der Waals surface area contributed by atoms with Gasteiger partial charge in [-0.2, -0.15) is 0 Å². The molecule has 3 heteroatoms. The lowest BCUT2D eigenvalue weighted by atomic mass is 9.88. The maximum Gasteiger partial charge on any atom is 0.192 e. The van der Waals surface area contributed by atoms with Crippen LogP contribution < -0.4 is 0 Å². The number of aliphatic hydroxyl groups excluding tert-OH is 1. The van der Waals surface area contributed by atoms with Crippen molar-refractivity contribution in [3.63, 3.8) is 0 Å². The van der Waals surface area contributed by atoms with E-state index in [1.165, 1.54) is 31.3 Å². The zero-order valence-electron chi connectivity index (χ0n) is 19.2. The van der Waals surface area contributed by atoms with Crippen LogP contribution in [0.1, 0.15) is 86.0 Å². The summed E-state index contributed by atoms with van der Waals surface area (Å²) in [5, 5.41) is 10.5. The molecule has 0 bridgehead atoms. The van der Waals surface area contributed by atoms with Gasteiger partial charge in [0, 0.05) is 12.0 Å². The third-order valence-corrected chi connectivity index (χ3v) is 11.4. The van der Waals surface area contributed by atoms with E-state index in [2.05, 4.69) is 60.4 Å². The molecule has 2 unspecified atom stereocenters. The van der Waals surface area contributed by atoms with Crippen molar-refractivity contribution in [2.24, 2.45) is 11.8 Å². The molecule has 0 radical (unpaired) electrons. The molecule has 4 atom stereocenters. The first-order chi connectivity index (χ1) is 12.5. The van der Waals surface area contributed by atoms with Crippen LogP contribution in [0.5, 0.6) is 0 Å². The molecule has 1 aliphatic rings. The van der Waals surface area contributed by atoms with E-state index in [1.807, 2.05) is 6.08 Å². The Morgan fingerprint density at radius 3 is 2.52 bits per heavy atom. The highest BCUT2D eigenvalue weighted by molar-refractivity contribution is 6.74. The Balaban J connectivity index is 2.80. The molecule has 158 valence electrons. The molecule has 0 saturated heterocycles. The molecule has 27 heavy (non-hydrogen) atoms. The highest BCUT2D eigenvalue weighted by Crippen LogP contribution is 2.40. The Bertz CT molecular complexity index is 475. The van der Waals surface area contributed by atoms with Crippen LogP contribution in [0, 0.1) is 11.8 Å². The summed E-state index contributed by atoms with van der Waals surface area (Å²) in [6, 6.07) is 0. The number of unbranched alkanes of at least 4 members (excludes halogenated alkanes) is 2. The SMILES string of the molecule is C=CC[C@@H]1C(CCC(O[Si](C)(C)C(C)(C)C)C(C)CCCCC)=CC[C@@H]1O. The molecule has 1 N–H and O–H groups in total. The molecule has 0 heterocycles. The van der Waals surface area contributed by atoms with E-state index in [9.17, 15) is 5.11 Å². The van der Waals surface area contributed by atoms with Crippen molar-refractivity contribution < 1.29 is 9.53 Å². The molecule has 1 rings (SSSR count). The average Bonchev–Trinajstić information content (AvgIpc) is 2.91. The van der Waals surface area contributed by atoms with Gasteiger partial charge in [0.15, 0.2) is 8.32 Å². The summed E-state index contributed by atoms with van der Waals surface area (Å²) in [6.07, 6.45) is 13.3. The van der Waals surface area contributed by atoms with E-state index in [0.29, 0.717) is 12.0 Å². The summed E-state index contributed by atoms with van der Waals surface area (Å²) in [4.78, 5) is 0. The fourth-order valence-corrected chi connectivity index (χ4v) is 5.30. The highest BCUT2D eigenvalue weighted by atomic mass is 28.4. The fraction of sp³-hybridized carbons (Fsp3) is 0.833. The third kappa shape index (κ3) is 7.51. The lowest BCUT2D eigenvalue weighted by Crippen LogP contribution is -2.45. The second kappa shape index (κ2) is 11.0. The number of aliphatic hydroxyl groups is 1. The number of allylic oxidation sites excluding steroid dienone is 1. The second-order valence-corrected chi connectivity index (χ2v) is 14.9. The normalized spacial score (nSPS) is 23.2. The molecule has 0 amide bonds. The quantitative estimate of drug-likeness (QED) is 0.214. The van der Waals surface area contributed by atoms with E-state index in [-0.39, 0.29) is 17.1 Å². The maximum atomic E-state index is 10.3. The summed E-state index contributed by atoms with van der Waals surface area (Å²) < 4.78 is 6.91. The van der Waals surface area contributed by atoms with Gasteiger partial charge in [0.1, 0.15) is 0 Å². The van der Waals surface area contributed by atoms with Gasteiger partial charge in [-0.3, -0.25) is 0 Å². The van der Waals surface area contributed by atoms with Crippen molar-refractivity contribution in [1.29, 1.82) is 0 Å². The van der Waals surface area contributed by atoms with Gasteiger partial charge in [-0.1, -0.05) is 71.6 Å². The lowest BCUT2D eigenvalue weighted by Gasteiger charge is -2.41. The van der Waals surface area contributed by atoms with Crippen LogP contribution in [0.15, 0.2) is 24.3 Å². The predicted molar refractivity (Wildman–Crippen MR) is 122 cm³/mol. The molecule has 0 aromatic heterocycles. The van der Waals surface area contributed by atoms with Gasteiger partial charge in [0.05, 0.1) is 6.10 Å². The van der Waals surface area contributed by atoms with E-state index in [0.717, 1.165) is 25.7 Å². The van der Waals surface area contributed by atoms with Crippen LogP contribution in [-0.4, -0.2) is 25.6 Å². The molecule has 0 aliphatic heterocycles. The summed E-state index contributed by atoms with van der Waals surface area (Å²) in [7, 11) is -1.79. The molecule has 2 nitrogen and oxygen atoms in total. The van der Waals surface area contributed by atoms with Gasteiger partial charge in [-0.15, -0.1) is 6.58 Å². The predicted octanol–water partition coefficient (Wildman–Crippen LogP) is 7.26. The van der Waals surface area contributed by atoms with Crippen molar-refractivity contribution in [1.82, 2.24) is 0 Å². The zero-order valence-corrected chi connectivity index (χ0v) is 20.2. The van der Waals surface area contributed by atoms with Crippen LogP contribution in [0.2, 0.25) is 18.1 Å². The van der Waals surface area contributed by atoms with Crippen molar-refractivity contribution >= 4 is 8.32 Å². The van der Waals surface area contributed by atoms with Gasteiger partial charge >= 0.3 is 0 Å². The van der Waals surface area contributed by atoms with Gasteiger partial charge in [-0.25, -0.2) is 0 Å². The minimum absolute atomic E-state index is 0.222. The van der Waals surface area contributed by atoms with Crippen LogP contribution in [0.25, 0.3) is 0 Å². The van der Waals surface area contributed by atoms with Crippen molar-refractivity contribution in [3.05, 3.63) is 24.3 Å². The number of rotatable bonds is 12. The first kappa shape index (κ1) is 24.7. The van der Waals surface area contributed by atoms with Crippen LogP contribution >= 0.6 is 0 Å². The van der Waals surface area contributed by atoms with Crippen LogP contribution in [-0.2, 0) is 4.43 Å². The van der Waals surface area contributed by atoms with E-state index in [4.69, 9.17) is 4.43 Å². The summed E-state index contributed by atoms with van der Waals surface area (Å²) >= 11 is 0. The Labute approximate surface area is 170 Å². The minimum atomic E-state index is -1.79. The van der Waals surface area contributed by atoms with Gasteiger partial charge in [0.25, 0.3) is 0 Å². The third-order valence-electron chi connectivity index (χ3n) is 6.85. The topological polar surface area (TPSA) is 29.5 Å². The first-order valence-electron chi connectivity index (χ1n) is 11.2. The van der Waals surface area contributed by atoms with Gasteiger partial charge < -0.3 is 9.53 Å². The molecular formula is C24H46O2Si. The molecule has 0 aromatic rings. The van der Waals surface area contributed by atoms with Crippen molar-refractivity contribution in [3.8, 4) is 0 Å². The molecule has 0 aromatic carbocycles. The number of hydrogen-bond donors (Lipinski definition) is 1. The largest absolute Gasteiger partial charge is 0.414 e. The molecular weight excluding hydrogens is 348 g/mol. The maximum absolute atomic E-state index is 10.3. The highest BCUT2D eigenvalue weighted by Gasteiger charge is 2.40. The van der Waals surface area contributed by atoms with Crippen molar-refractivity contribution in [2.75, 3.05) is 0 Å². The summed E-state index contributed by atoms with van der Waals surface area (Å²) in [5.41, 5.74) is 1.42. The monoisotopic (exact) mass is 394 g/mol. The van der Waals surface area contributed by atoms with Crippen LogP contribution in [0.4, 0.5) is 0 Å².